The van der Waals surface area contributed by atoms with Crippen molar-refractivity contribution in [3.8, 4) is 16.9 Å². The molecule has 2 heterocycles. The van der Waals surface area contributed by atoms with Gasteiger partial charge < -0.3 is 4.74 Å². The van der Waals surface area contributed by atoms with Crippen LogP contribution in [0.25, 0.3) is 21.3 Å². The molecule has 4 aromatic rings. The maximum Gasteiger partial charge on any atom is 0.263 e. The Labute approximate surface area is 161 Å². The third-order valence-electron chi connectivity index (χ3n) is 4.70. The second-order valence-electron chi connectivity index (χ2n) is 6.69. The van der Waals surface area contributed by atoms with E-state index in [1.165, 1.54) is 16.9 Å². The highest BCUT2D eigenvalue weighted by molar-refractivity contribution is 7.17. The van der Waals surface area contributed by atoms with Gasteiger partial charge in [0.05, 0.1) is 25.4 Å². The lowest BCUT2D eigenvalue weighted by Crippen LogP contribution is -2.21. The van der Waals surface area contributed by atoms with Crippen molar-refractivity contribution in [2.24, 2.45) is 0 Å². The zero-order chi connectivity index (χ0) is 19.0. The summed E-state index contributed by atoms with van der Waals surface area (Å²) in [4.78, 5) is 18.5. The Balaban J connectivity index is 1.83. The van der Waals surface area contributed by atoms with E-state index < -0.39 is 0 Å². The Bertz CT molecular complexity index is 1170. The number of rotatable bonds is 4. The van der Waals surface area contributed by atoms with Crippen molar-refractivity contribution < 1.29 is 4.74 Å². The largest absolute Gasteiger partial charge is 0.496 e. The molecule has 2 aromatic carbocycles. The van der Waals surface area contributed by atoms with Crippen LogP contribution in [0.1, 0.15) is 16.7 Å². The van der Waals surface area contributed by atoms with Crippen LogP contribution < -0.4 is 10.3 Å². The highest BCUT2D eigenvalue weighted by atomic mass is 32.1. The third-order valence-corrected chi connectivity index (χ3v) is 5.59. The van der Waals surface area contributed by atoms with Gasteiger partial charge in [-0.1, -0.05) is 47.5 Å². The number of hydrogen-bond donors (Lipinski definition) is 0. The molecule has 0 amide bonds. The maximum atomic E-state index is 13.2. The Morgan fingerprint density at radius 3 is 2.56 bits per heavy atom. The summed E-state index contributed by atoms with van der Waals surface area (Å²) in [5, 5.41) is 2.69. The summed E-state index contributed by atoms with van der Waals surface area (Å²) in [7, 11) is 1.65. The Morgan fingerprint density at radius 2 is 1.81 bits per heavy atom. The first-order valence-corrected chi connectivity index (χ1v) is 9.62. The van der Waals surface area contributed by atoms with E-state index in [1.807, 2.05) is 30.5 Å². The van der Waals surface area contributed by atoms with E-state index in [1.54, 1.807) is 18.0 Å². The van der Waals surface area contributed by atoms with Gasteiger partial charge in [0.15, 0.2) is 0 Å². The van der Waals surface area contributed by atoms with Gasteiger partial charge in [0.2, 0.25) is 0 Å². The summed E-state index contributed by atoms with van der Waals surface area (Å²) in [6.07, 6.45) is 1.63. The van der Waals surface area contributed by atoms with E-state index >= 15 is 0 Å². The highest BCUT2D eigenvalue weighted by Gasteiger charge is 2.14. The Kier molecular flexibility index (Phi) is 4.54. The van der Waals surface area contributed by atoms with Gasteiger partial charge in [-0.25, -0.2) is 4.98 Å². The van der Waals surface area contributed by atoms with Gasteiger partial charge in [-0.3, -0.25) is 9.36 Å². The molecule has 0 aliphatic rings. The van der Waals surface area contributed by atoms with Gasteiger partial charge in [0.1, 0.15) is 10.6 Å². The zero-order valence-electron chi connectivity index (χ0n) is 15.5. The number of benzene rings is 2. The van der Waals surface area contributed by atoms with Crippen LogP contribution in [0.4, 0.5) is 0 Å². The Morgan fingerprint density at radius 1 is 1.07 bits per heavy atom. The normalized spacial score (nSPS) is 11.1. The van der Waals surface area contributed by atoms with Crippen LogP contribution in [-0.2, 0) is 6.54 Å². The van der Waals surface area contributed by atoms with Crippen molar-refractivity contribution in [1.29, 1.82) is 0 Å². The molecular weight excluding hydrogens is 356 g/mol. The van der Waals surface area contributed by atoms with Crippen LogP contribution in [0.3, 0.4) is 0 Å². The molecule has 136 valence electrons. The smallest absolute Gasteiger partial charge is 0.263 e. The lowest BCUT2D eigenvalue weighted by Gasteiger charge is -2.11. The topological polar surface area (TPSA) is 44.1 Å². The van der Waals surface area contributed by atoms with Gasteiger partial charge in [0.25, 0.3) is 5.56 Å². The second kappa shape index (κ2) is 7.00. The maximum absolute atomic E-state index is 13.2. The van der Waals surface area contributed by atoms with Crippen molar-refractivity contribution >= 4 is 21.6 Å². The number of methoxy groups -OCH3 is 1. The zero-order valence-corrected chi connectivity index (χ0v) is 16.3. The molecule has 4 rings (SSSR count). The van der Waals surface area contributed by atoms with Crippen molar-refractivity contribution in [2.75, 3.05) is 7.11 Å². The van der Waals surface area contributed by atoms with Crippen molar-refractivity contribution in [2.45, 2.75) is 20.4 Å². The van der Waals surface area contributed by atoms with E-state index in [4.69, 9.17) is 4.74 Å². The van der Waals surface area contributed by atoms with Crippen LogP contribution >= 0.6 is 11.3 Å². The minimum absolute atomic E-state index is 0.0274. The summed E-state index contributed by atoms with van der Waals surface area (Å²) in [5.74, 6) is 0.775. The van der Waals surface area contributed by atoms with E-state index in [9.17, 15) is 4.79 Å². The first-order chi connectivity index (χ1) is 13.1. The first-order valence-electron chi connectivity index (χ1n) is 8.74. The van der Waals surface area contributed by atoms with Gasteiger partial charge in [-0.05, 0) is 25.5 Å². The number of ether oxygens (including phenoxy) is 1. The van der Waals surface area contributed by atoms with Crippen molar-refractivity contribution in [3.05, 3.63) is 81.2 Å². The van der Waals surface area contributed by atoms with E-state index in [-0.39, 0.29) is 5.56 Å². The average molecular weight is 376 g/mol. The van der Waals surface area contributed by atoms with Crippen LogP contribution in [0.15, 0.2) is 59.0 Å². The lowest BCUT2D eigenvalue weighted by atomic mass is 10.0. The molecule has 0 N–H and O–H groups in total. The molecule has 0 bridgehead atoms. The molecule has 0 atom stereocenters. The summed E-state index contributed by atoms with van der Waals surface area (Å²) >= 11 is 1.50. The molecule has 0 aliphatic carbocycles. The van der Waals surface area contributed by atoms with Gasteiger partial charge in [0, 0.05) is 16.5 Å². The minimum Gasteiger partial charge on any atom is -0.496 e. The van der Waals surface area contributed by atoms with E-state index in [0.717, 1.165) is 32.8 Å². The molecule has 2 aromatic heterocycles. The molecule has 4 nitrogen and oxygen atoms in total. The number of hydrogen-bond acceptors (Lipinski definition) is 4. The molecule has 0 aliphatic heterocycles. The third kappa shape index (κ3) is 3.26. The van der Waals surface area contributed by atoms with Gasteiger partial charge in [-0.15, -0.1) is 11.3 Å². The SMILES string of the molecule is COc1ccc(C)cc1Cn1cnc2scc(-c3ccc(C)cc3)c2c1=O. The second-order valence-corrected chi connectivity index (χ2v) is 7.55. The van der Waals surface area contributed by atoms with Crippen molar-refractivity contribution in [3.63, 3.8) is 0 Å². The summed E-state index contributed by atoms with van der Waals surface area (Å²) in [6, 6.07) is 14.2. The standard InChI is InChI=1S/C22H20N2O2S/c1-14-4-7-16(8-5-14)18-12-27-21-20(18)22(25)24(13-23-21)11-17-10-15(2)6-9-19(17)26-3/h4-10,12-13H,11H2,1-3H3. The minimum atomic E-state index is -0.0274. The quantitative estimate of drug-likeness (QED) is 0.514. The number of nitrogens with zero attached hydrogens (tertiary/aromatic N) is 2. The monoisotopic (exact) mass is 376 g/mol. The molecule has 0 fully saturated rings. The van der Waals surface area contributed by atoms with Crippen LogP contribution in [0.5, 0.6) is 5.75 Å². The molecule has 0 saturated carbocycles. The molecule has 0 unspecified atom stereocenters. The fraction of sp³-hybridized carbons (Fsp3) is 0.182. The molecule has 0 radical (unpaired) electrons. The predicted octanol–water partition coefficient (Wildman–Crippen LogP) is 4.80. The fourth-order valence-electron chi connectivity index (χ4n) is 3.24. The number of fused-ring (bicyclic) bond motifs is 1. The summed E-state index contributed by atoms with van der Waals surface area (Å²) < 4.78 is 7.11. The first kappa shape index (κ1) is 17.5. The molecule has 0 spiro atoms. The van der Waals surface area contributed by atoms with E-state index in [0.29, 0.717) is 11.9 Å². The van der Waals surface area contributed by atoms with Gasteiger partial charge in [-0.2, -0.15) is 0 Å². The molecule has 27 heavy (non-hydrogen) atoms. The predicted molar refractivity (Wildman–Crippen MR) is 111 cm³/mol. The summed E-state index contributed by atoms with van der Waals surface area (Å²) in [6.45, 7) is 4.51. The Hall–Kier alpha value is -2.92. The number of aryl methyl sites for hydroxylation is 2. The molecule has 0 saturated heterocycles. The molecule has 5 heteroatoms. The van der Waals surface area contributed by atoms with Crippen LogP contribution in [0, 0.1) is 13.8 Å². The number of aromatic nitrogens is 2. The lowest BCUT2D eigenvalue weighted by molar-refractivity contribution is 0.408. The van der Waals surface area contributed by atoms with Gasteiger partial charge >= 0.3 is 0 Å². The van der Waals surface area contributed by atoms with Crippen LogP contribution in [0.2, 0.25) is 0 Å². The van der Waals surface area contributed by atoms with E-state index in [2.05, 4.69) is 36.2 Å². The number of thiophene rings is 1. The summed E-state index contributed by atoms with van der Waals surface area (Å²) in [5.41, 5.74) is 5.24. The fourth-order valence-corrected chi connectivity index (χ4v) is 4.15. The van der Waals surface area contributed by atoms with Crippen molar-refractivity contribution in [1.82, 2.24) is 9.55 Å². The molecular formula is C22H20N2O2S. The van der Waals surface area contributed by atoms with Crippen LogP contribution in [-0.4, -0.2) is 16.7 Å². The highest BCUT2D eigenvalue weighted by Crippen LogP contribution is 2.31. The average Bonchev–Trinajstić information content (AvgIpc) is 3.10.